The van der Waals surface area contributed by atoms with Gasteiger partial charge in [-0.1, -0.05) is 6.07 Å². The second-order valence-electron chi connectivity index (χ2n) is 3.54. The van der Waals surface area contributed by atoms with Crippen molar-refractivity contribution in [2.24, 2.45) is 0 Å². The molecule has 0 spiro atoms. The summed E-state index contributed by atoms with van der Waals surface area (Å²) in [6.45, 7) is 1.97. The molecular weight excluding hydrogens is 226 g/mol. The quantitative estimate of drug-likeness (QED) is 0.805. The van der Waals surface area contributed by atoms with Gasteiger partial charge in [0.15, 0.2) is 0 Å². The van der Waals surface area contributed by atoms with Crippen molar-refractivity contribution in [3.05, 3.63) is 23.8 Å². The maximum absolute atomic E-state index is 11.5. The highest BCUT2D eigenvalue weighted by Gasteiger charge is 2.07. The lowest BCUT2D eigenvalue weighted by Gasteiger charge is -2.10. The molecule has 0 aliphatic carbocycles. The van der Waals surface area contributed by atoms with Crippen LogP contribution < -0.4 is 10.1 Å². The van der Waals surface area contributed by atoms with E-state index in [0.29, 0.717) is 30.2 Å². The summed E-state index contributed by atoms with van der Waals surface area (Å²) in [5.74, 6) is 1.13. The van der Waals surface area contributed by atoms with Gasteiger partial charge in [0.25, 0.3) is 0 Å². The smallest absolute Gasteiger partial charge is 0.224 e. The van der Waals surface area contributed by atoms with Gasteiger partial charge in [-0.05, 0) is 31.0 Å². The molecule has 0 fully saturated rings. The highest BCUT2D eigenvalue weighted by molar-refractivity contribution is 6.18. The highest BCUT2D eigenvalue weighted by atomic mass is 35.5. The molecule has 1 amide bonds. The fraction of sp³-hybridized carbons (Fsp3) is 0.417. The van der Waals surface area contributed by atoms with Crippen LogP contribution in [0.25, 0.3) is 0 Å². The Balaban J connectivity index is 2.71. The van der Waals surface area contributed by atoms with Crippen molar-refractivity contribution in [3.63, 3.8) is 0 Å². The molecule has 0 bridgehead atoms. The van der Waals surface area contributed by atoms with E-state index in [-0.39, 0.29) is 5.91 Å². The molecule has 1 aromatic rings. The predicted molar refractivity (Wildman–Crippen MR) is 66.3 cm³/mol. The standard InChI is InChI=1S/C12H16ClNO2/c1-9-5-6-11(16-2)10(8-9)14-12(15)4-3-7-13/h5-6,8H,3-4,7H2,1-2H3,(H,14,15). The summed E-state index contributed by atoms with van der Waals surface area (Å²) in [5, 5.41) is 2.81. The van der Waals surface area contributed by atoms with E-state index < -0.39 is 0 Å². The van der Waals surface area contributed by atoms with Crippen LogP contribution in [0.2, 0.25) is 0 Å². The van der Waals surface area contributed by atoms with E-state index in [2.05, 4.69) is 5.32 Å². The summed E-state index contributed by atoms with van der Waals surface area (Å²) in [6, 6.07) is 5.66. The molecule has 0 aliphatic rings. The Kier molecular flexibility index (Phi) is 5.12. The summed E-state index contributed by atoms with van der Waals surface area (Å²) in [5.41, 5.74) is 1.79. The molecule has 0 atom stereocenters. The van der Waals surface area contributed by atoms with Crippen LogP contribution in [0.4, 0.5) is 5.69 Å². The lowest BCUT2D eigenvalue weighted by Crippen LogP contribution is -2.12. The number of benzene rings is 1. The van der Waals surface area contributed by atoms with E-state index >= 15 is 0 Å². The monoisotopic (exact) mass is 241 g/mol. The number of alkyl halides is 1. The average molecular weight is 242 g/mol. The van der Waals surface area contributed by atoms with Crippen LogP contribution in [0.3, 0.4) is 0 Å². The zero-order chi connectivity index (χ0) is 12.0. The van der Waals surface area contributed by atoms with E-state index in [1.165, 1.54) is 0 Å². The number of carbonyl (C=O) groups excluding carboxylic acids is 1. The van der Waals surface area contributed by atoms with Crippen molar-refractivity contribution < 1.29 is 9.53 Å². The predicted octanol–water partition coefficient (Wildman–Crippen LogP) is 2.96. The summed E-state index contributed by atoms with van der Waals surface area (Å²) in [6.07, 6.45) is 1.11. The fourth-order valence-corrected chi connectivity index (χ4v) is 1.49. The normalized spacial score (nSPS) is 9.94. The van der Waals surface area contributed by atoms with Gasteiger partial charge in [-0.25, -0.2) is 0 Å². The minimum atomic E-state index is -0.0375. The second-order valence-corrected chi connectivity index (χ2v) is 3.92. The van der Waals surface area contributed by atoms with Crippen LogP contribution in [0.5, 0.6) is 5.75 Å². The summed E-state index contributed by atoms with van der Waals surface area (Å²) < 4.78 is 5.16. The van der Waals surface area contributed by atoms with E-state index in [1.807, 2.05) is 25.1 Å². The molecule has 0 radical (unpaired) electrons. The molecule has 0 saturated heterocycles. The van der Waals surface area contributed by atoms with Gasteiger partial charge in [0.1, 0.15) is 5.75 Å². The molecule has 0 unspecified atom stereocenters. The van der Waals surface area contributed by atoms with Crippen LogP contribution in [0.15, 0.2) is 18.2 Å². The molecule has 88 valence electrons. The number of carbonyl (C=O) groups is 1. The Morgan fingerprint density at radius 3 is 2.88 bits per heavy atom. The van der Waals surface area contributed by atoms with Crippen molar-refractivity contribution in [1.82, 2.24) is 0 Å². The number of methoxy groups -OCH3 is 1. The van der Waals surface area contributed by atoms with Crippen molar-refractivity contribution in [2.75, 3.05) is 18.3 Å². The third-order valence-electron chi connectivity index (χ3n) is 2.17. The molecule has 0 aromatic heterocycles. The number of halogens is 1. The molecule has 1 rings (SSSR count). The molecule has 3 nitrogen and oxygen atoms in total. The van der Waals surface area contributed by atoms with E-state index in [1.54, 1.807) is 7.11 Å². The third kappa shape index (κ3) is 3.74. The number of anilines is 1. The average Bonchev–Trinajstić information content (AvgIpc) is 2.27. The summed E-state index contributed by atoms with van der Waals surface area (Å²) >= 11 is 5.53. The molecular formula is C12H16ClNO2. The third-order valence-corrected chi connectivity index (χ3v) is 2.43. The van der Waals surface area contributed by atoms with Crippen molar-refractivity contribution in [1.29, 1.82) is 0 Å². The van der Waals surface area contributed by atoms with Crippen LogP contribution in [-0.4, -0.2) is 18.9 Å². The Morgan fingerprint density at radius 2 is 2.25 bits per heavy atom. The van der Waals surface area contributed by atoms with Gasteiger partial charge in [-0.2, -0.15) is 0 Å². The number of hydrogen-bond acceptors (Lipinski definition) is 2. The van der Waals surface area contributed by atoms with E-state index in [4.69, 9.17) is 16.3 Å². The Hall–Kier alpha value is -1.22. The number of rotatable bonds is 5. The maximum atomic E-state index is 11.5. The molecule has 0 aliphatic heterocycles. The molecule has 0 saturated carbocycles. The van der Waals surface area contributed by atoms with Gasteiger partial charge in [0.05, 0.1) is 12.8 Å². The van der Waals surface area contributed by atoms with Crippen LogP contribution >= 0.6 is 11.6 Å². The Labute approximate surface area is 101 Å². The topological polar surface area (TPSA) is 38.3 Å². The molecule has 1 N–H and O–H groups in total. The lowest BCUT2D eigenvalue weighted by atomic mass is 10.2. The van der Waals surface area contributed by atoms with Crippen molar-refractivity contribution in [2.45, 2.75) is 19.8 Å². The minimum absolute atomic E-state index is 0.0375. The SMILES string of the molecule is COc1ccc(C)cc1NC(=O)CCCCl. The number of nitrogens with one attached hydrogen (secondary N) is 1. The van der Waals surface area contributed by atoms with E-state index in [9.17, 15) is 4.79 Å². The second kappa shape index (κ2) is 6.38. The highest BCUT2D eigenvalue weighted by Crippen LogP contribution is 2.25. The summed E-state index contributed by atoms with van der Waals surface area (Å²) in [4.78, 5) is 11.5. The van der Waals surface area contributed by atoms with Gasteiger partial charge in [0.2, 0.25) is 5.91 Å². The van der Waals surface area contributed by atoms with Crippen LogP contribution in [-0.2, 0) is 4.79 Å². The zero-order valence-corrected chi connectivity index (χ0v) is 10.3. The fourth-order valence-electron chi connectivity index (χ4n) is 1.36. The lowest BCUT2D eigenvalue weighted by molar-refractivity contribution is -0.116. The van der Waals surface area contributed by atoms with Gasteiger partial charge in [0, 0.05) is 12.3 Å². The molecule has 4 heteroatoms. The van der Waals surface area contributed by atoms with Crippen LogP contribution in [0, 0.1) is 6.92 Å². The van der Waals surface area contributed by atoms with Crippen LogP contribution in [0.1, 0.15) is 18.4 Å². The Bertz CT molecular complexity index is 366. The molecule has 16 heavy (non-hydrogen) atoms. The summed E-state index contributed by atoms with van der Waals surface area (Å²) in [7, 11) is 1.58. The number of ether oxygens (including phenoxy) is 1. The van der Waals surface area contributed by atoms with Crippen molar-refractivity contribution in [3.8, 4) is 5.75 Å². The first-order valence-corrected chi connectivity index (χ1v) is 5.71. The minimum Gasteiger partial charge on any atom is -0.495 e. The van der Waals surface area contributed by atoms with Gasteiger partial charge in [-0.3, -0.25) is 4.79 Å². The first-order valence-electron chi connectivity index (χ1n) is 5.18. The zero-order valence-electron chi connectivity index (χ0n) is 9.55. The molecule has 1 aromatic carbocycles. The van der Waals surface area contributed by atoms with Gasteiger partial charge >= 0.3 is 0 Å². The van der Waals surface area contributed by atoms with Crippen molar-refractivity contribution >= 4 is 23.2 Å². The van der Waals surface area contributed by atoms with E-state index in [0.717, 1.165) is 5.56 Å². The number of aryl methyl sites for hydroxylation is 1. The molecule has 0 heterocycles. The van der Waals surface area contributed by atoms with Gasteiger partial charge < -0.3 is 10.1 Å². The number of hydrogen-bond donors (Lipinski definition) is 1. The van der Waals surface area contributed by atoms with Gasteiger partial charge in [-0.15, -0.1) is 11.6 Å². The largest absolute Gasteiger partial charge is 0.495 e. The number of amides is 1. The maximum Gasteiger partial charge on any atom is 0.224 e. The first kappa shape index (κ1) is 12.8. The first-order chi connectivity index (χ1) is 7.67. The Morgan fingerprint density at radius 1 is 1.50 bits per heavy atom.